The van der Waals surface area contributed by atoms with Crippen molar-refractivity contribution < 1.29 is 18.8 Å². The SMILES string of the molecule is COCc1nc(OC)c2c(C)c(C(=O)N(C)CCCc3cc(-c4ccccc4)no3)sc2n1. The number of carbonyl (C=O) groups is 1. The highest BCUT2D eigenvalue weighted by molar-refractivity contribution is 7.20. The van der Waals surface area contributed by atoms with Crippen LogP contribution >= 0.6 is 11.3 Å². The third-order valence-corrected chi connectivity index (χ3v) is 6.53. The van der Waals surface area contributed by atoms with Gasteiger partial charge in [-0.1, -0.05) is 35.5 Å². The van der Waals surface area contributed by atoms with Gasteiger partial charge >= 0.3 is 0 Å². The van der Waals surface area contributed by atoms with Gasteiger partial charge in [-0.15, -0.1) is 11.3 Å². The Hall–Kier alpha value is -3.30. The van der Waals surface area contributed by atoms with E-state index in [1.165, 1.54) is 11.3 Å². The summed E-state index contributed by atoms with van der Waals surface area (Å²) in [4.78, 5) is 25.2. The van der Waals surface area contributed by atoms with Gasteiger partial charge in [0, 0.05) is 38.8 Å². The minimum Gasteiger partial charge on any atom is -0.480 e. The Labute approximate surface area is 196 Å². The van der Waals surface area contributed by atoms with Crippen molar-refractivity contribution in [2.24, 2.45) is 0 Å². The average Bonchev–Trinajstić information content (AvgIpc) is 3.43. The molecular weight excluding hydrogens is 440 g/mol. The lowest BCUT2D eigenvalue weighted by Gasteiger charge is -2.16. The molecule has 1 aromatic carbocycles. The van der Waals surface area contributed by atoms with Crippen LogP contribution < -0.4 is 4.74 Å². The number of aryl methyl sites for hydroxylation is 2. The standard InChI is InChI=1S/C24H26N4O4S/c1-15-20-22(31-4)25-19(14-30-3)26-23(20)33-21(15)24(29)28(2)12-8-11-17-13-18(27-32-17)16-9-6-5-7-10-16/h5-7,9-10,13H,8,11-12,14H2,1-4H3. The second-order valence-corrected chi connectivity index (χ2v) is 8.69. The minimum atomic E-state index is -0.0478. The zero-order valence-corrected chi connectivity index (χ0v) is 19.9. The molecule has 0 aliphatic carbocycles. The Morgan fingerprint density at radius 1 is 1.18 bits per heavy atom. The van der Waals surface area contributed by atoms with Crippen molar-refractivity contribution >= 4 is 27.5 Å². The molecule has 0 aliphatic rings. The van der Waals surface area contributed by atoms with Crippen LogP contribution in [-0.4, -0.2) is 53.7 Å². The zero-order valence-electron chi connectivity index (χ0n) is 19.1. The second kappa shape index (κ2) is 10.1. The summed E-state index contributed by atoms with van der Waals surface area (Å²) in [6, 6.07) is 11.9. The van der Waals surface area contributed by atoms with Gasteiger partial charge in [-0.2, -0.15) is 4.98 Å². The number of methoxy groups -OCH3 is 2. The van der Waals surface area contributed by atoms with E-state index in [0.29, 0.717) is 29.5 Å². The van der Waals surface area contributed by atoms with E-state index in [4.69, 9.17) is 14.0 Å². The number of ether oxygens (including phenoxy) is 2. The summed E-state index contributed by atoms with van der Waals surface area (Å²) < 4.78 is 16.1. The van der Waals surface area contributed by atoms with E-state index >= 15 is 0 Å². The molecule has 0 N–H and O–H groups in total. The third kappa shape index (κ3) is 4.89. The number of rotatable bonds is 9. The first kappa shape index (κ1) is 22.9. The number of fused-ring (bicyclic) bond motifs is 1. The molecular formula is C24H26N4O4S. The van der Waals surface area contributed by atoms with Crippen LogP contribution in [0.4, 0.5) is 0 Å². The molecule has 8 nitrogen and oxygen atoms in total. The predicted molar refractivity (Wildman–Crippen MR) is 127 cm³/mol. The van der Waals surface area contributed by atoms with Gasteiger partial charge in [0.25, 0.3) is 5.91 Å². The maximum atomic E-state index is 13.2. The first-order chi connectivity index (χ1) is 16.0. The van der Waals surface area contributed by atoms with Crippen molar-refractivity contribution in [1.82, 2.24) is 20.0 Å². The first-order valence-corrected chi connectivity index (χ1v) is 11.4. The van der Waals surface area contributed by atoms with Crippen molar-refractivity contribution in [2.45, 2.75) is 26.4 Å². The highest BCUT2D eigenvalue weighted by Crippen LogP contribution is 2.35. The Bertz CT molecular complexity index is 1250. The molecule has 0 fully saturated rings. The Morgan fingerprint density at radius 3 is 2.70 bits per heavy atom. The van der Waals surface area contributed by atoms with E-state index in [-0.39, 0.29) is 12.5 Å². The number of benzene rings is 1. The van der Waals surface area contributed by atoms with E-state index in [0.717, 1.165) is 39.2 Å². The zero-order chi connectivity index (χ0) is 23.4. The van der Waals surface area contributed by atoms with Crippen molar-refractivity contribution in [3.8, 4) is 17.1 Å². The third-order valence-electron chi connectivity index (χ3n) is 5.36. The average molecular weight is 467 g/mol. The molecule has 3 aromatic heterocycles. The van der Waals surface area contributed by atoms with E-state index < -0.39 is 0 Å². The summed E-state index contributed by atoms with van der Waals surface area (Å²) in [5.74, 6) is 1.74. The lowest BCUT2D eigenvalue weighted by molar-refractivity contribution is 0.0797. The number of hydrogen-bond acceptors (Lipinski definition) is 8. The maximum absolute atomic E-state index is 13.2. The topological polar surface area (TPSA) is 90.6 Å². The summed E-state index contributed by atoms with van der Waals surface area (Å²) in [5, 5.41) is 4.92. The fourth-order valence-corrected chi connectivity index (χ4v) is 4.82. The van der Waals surface area contributed by atoms with E-state index in [2.05, 4.69) is 15.1 Å². The number of thiophene rings is 1. The van der Waals surface area contributed by atoms with Crippen LogP contribution in [-0.2, 0) is 17.8 Å². The minimum absolute atomic E-state index is 0.0478. The van der Waals surface area contributed by atoms with Crippen LogP contribution in [0.3, 0.4) is 0 Å². The molecule has 33 heavy (non-hydrogen) atoms. The fourth-order valence-electron chi connectivity index (χ4n) is 3.63. The van der Waals surface area contributed by atoms with E-state index in [1.807, 2.05) is 43.3 Å². The summed E-state index contributed by atoms with van der Waals surface area (Å²) in [5.41, 5.74) is 2.67. The van der Waals surface area contributed by atoms with Crippen LogP contribution in [0.2, 0.25) is 0 Å². The van der Waals surface area contributed by atoms with Crippen LogP contribution in [0.15, 0.2) is 40.9 Å². The molecule has 172 valence electrons. The molecule has 0 saturated heterocycles. The summed E-state index contributed by atoms with van der Waals surface area (Å²) in [6.45, 7) is 2.77. The molecule has 0 bridgehead atoms. The molecule has 0 atom stereocenters. The molecule has 3 heterocycles. The predicted octanol–water partition coefficient (Wildman–Crippen LogP) is 4.51. The van der Waals surface area contributed by atoms with Gasteiger partial charge in [0.15, 0.2) is 5.82 Å². The molecule has 0 spiro atoms. The molecule has 0 aliphatic heterocycles. The van der Waals surface area contributed by atoms with Gasteiger partial charge in [-0.3, -0.25) is 4.79 Å². The molecule has 4 aromatic rings. The number of carbonyl (C=O) groups excluding carboxylic acids is 1. The van der Waals surface area contributed by atoms with Crippen molar-refractivity contribution in [3.63, 3.8) is 0 Å². The van der Waals surface area contributed by atoms with Crippen LogP contribution in [0.25, 0.3) is 21.5 Å². The maximum Gasteiger partial charge on any atom is 0.264 e. The van der Waals surface area contributed by atoms with E-state index in [9.17, 15) is 4.79 Å². The van der Waals surface area contributed by atoms with Gasteiger partial charge in [0.1, 0.15) is 22.9 Å². The Balaban J connectivity index is 1.43. The lowest BCUT2D eigenvalue weighted by Crippen LogP contribution is -2.27. The van der Waals surface area contributed by atoms with Gasteiger partial charge in [0.2, 0.25) is 5.88 Å². The molecule has 0 unspecified atom stereocenters. The second-order valence-electron chi connectivity index (χ2n) is 7.69. The number of nitrogens with zero attached hydrogens (tertiary/aromatic N) is 4. The summed E-state index contributed by atoms with van der Waals surface area (Å²) >= 11 is 1.35. The molecule has 9 heteroatoms. The fraction of sp³-hybridized carbons (Fsp3) is 0.333. The lowest BCUT2D eigenvalue weighted by atomic mass is 10.1. The summed E-state index contributed by atoms with van der Waals surface area (Å²) in [6.07, 6.45) is 1.46. The first-order valence-electron chi connectivity index (χ1n) is 10.6. The van der Waals surface area contributed by atoms with Crippen LogP contribution in [0.5, 0.6) is 5.88 Å². The monoisotopic (exact) mass is 466 g/mol. The van der Waals surface area contributed by atoms with Crippen LogP contribution in [0, 0.1) is 6.92 Å². The molecule has 0 radical (unpaired) electrons. The Kier molecular flexibility index (Phi) is 7.00. The molecule has 0 saturated carbocycles. The number of amides is 1. The number of aromatic nitrogens is 3. The van der Waals surface area contributed by atoms with Gasteiger partial charge < -0.3 is 18.9 Å². The molecule has 1 amide bonds. The van der Waals surface area contributed by atoms with Crippen molar-refractivity contribution in [3.05, 3.63) is 58.4 Å². The number of hydrogen-bond donors (Lipinski definition) is 0. The highest BCUT2D eigenvalue weighted by Gasteiger charge is 2.23. The normalized spacial score (nSPS) is 11.2. The van der Waals surface area contributed by atoms with Crippen molar-refractivity contribution in [2.75, 3.05) is 27.8 Å². The quantitative estimate of drug-likeness (QED) is 0.358. The van der Waals surface area contributed by atoms with Gasteiger partial charge in [-0.05, 0) is 18.9 Å². The van der Waals surface area contributed by atoms with Gasteiger partial charge in [-0.25, -0.2) is 4.98 Å². The Morgan fingerprint density at radius 2 is 1.97 bits per heavy atom. The highest BCUT2D eigenvalue weighted by atomic mass is 32.1. The molecule has 4 rings (SSSR count). The van der Waals surface area contributed by atoms with Crippen molar-refractivity contribution in [1.29, 1.82) is 0 Å². The largest absolute Gasteiger partial charge is 0.480 e. The smallest absolute Gasteiger partial charge is 0.264 e. The van der Waals surface area contributed by atoms with E-state index in [1.54, 1.807) is 26.2 Å². The summed E-state index contributed by atoms with van der Waals surface area (Å²) in [7, 11) is 4.96. The van der Waals surface area contributed by atoms with Crippen LogP contribution in [0.1, 0.15) is 33.2 Å². The van der Waals surface area contributed by atoms with Gasteiger partial charge in [0.05, 0.1) is 17.4 Å².